The Kier molecular flexibility index (Phi) is 9.68. The fourth-order valence-electron chi connectivity index (χ4n) is 2.21. The number of hydrogen-bond acceptors (Lipinski definition) is 6. The van der Waals surface area contributed by atoms with E-state index in [4.69, 9.17) is 21.5 Å². The number of nitrogens with zero attached hydrogens (tertiary/aromatic N) is 3. The fourth-order valence-corrected chi connectivity index (χ4v) is 2.73. The van der Waals surface area contributed by atoms with Crippen LogP contribution in [0.5, 0.6) is 0 Å². The Morgan fingerprint density at radius 1 is 1.43 bits per heavy atom. The van der Waals surface area contributed by atoms with Gasteiger partial charge in [0.05, 0.1) is 12.3 Å². The van der Waals surface area contributed by atoms with Gasteiger partial charge < -0.3 is 16.2 Å². The third kappa shape index (κ3) is 7.00. The summed E-state index contributed by atoms with van der Waals surface area (Å²) in [7, 11) is 0. The van der Waals surface area contributed by atoms with E-state index in [1.807, 2.05) is 13.0 Å². The van der Waals surface area contributed by atoms with E-state index in [9.17, 15) is 4.39 Å². The fraction of sp³-hybridized carbons (Fsp3) is 0.250. The molecule has 4 N–H and O–H groups in total. The SMILES string of the molecule is C=C(OCC)c1cc(F)ccc1N=C(C=C(N)C#N)CC(=CN)C(Br)=NCC. The molecule has 0 aliphatic carbocycles. The van der Waals surface area contributed by atoms with Gasteiger partial charge in [0.1, 0.15) is 28.0 Å². The standard InChI is InChI=1S/C20H23BrFN5O/c1-4-26-20(21)14(11-23)8-17(10-16(25)12-24)27-19-7-6-15(22)9-18(19)13(3)28-5-2/h6-7,9-11H,3-5,8,23,25H2,1-2H3. The number of hydrogen-bond donors (Lipinski definition) is 2. The summed E-state index contributed by atoms with van der Waals surface area (Å²) in [6, 6.07) is 5.94. The average Bonchev–Trinajstić information content (AvgIpc) is 2.67. The predicted octanol–water partition coefficient (Wildman–Crippen LogP) is 4.32. The van der Waals surface area contributed by atoms with Gasteiger partial charge in [0, 0.05) is 36.0 Å². The summed E-state index contributed by atoms with van der Waals surface area (Å²) in [5.41, 5.74) is 13.3. The molecule has 0 atom stereocenters. The van der Waals surface area contributed by atoms with Crippen LogP contribution in [0.3, 0.4) is 0 Å². The summed E-state index contributed by atoms with van der Waals surface area (Å²) in [5.74, 6) is -0.149. The van der Waals surface area contributed by atoms with E-state index in [1.54, 1.807) is 6.92 Å². The van der Waals surface area contributed by atoms with Gasteiger partial charge >= 0.3 is 0 Å². The Balaban J connectivity index is 3.48. The van der Waals surface area contributed by atoms with Crippen molar-refractivity contribution in [2.24, 2.45) is 21.5 Å². The van der Waals surface area contributed by atoms with Crippen molar-refractivity contribution in [1.29, 1.82) is 5.26 Å². The minimum Gasteiger partial charge on any atom is -0.494 e. The van der Waals surface area contributed by atoms with E-state index in [0.717, 1.165) is 0 Å². The normalized spacial score (nSPS) is 13.2. The van der Waals surface area contributed by atoms with Crippen molar-refractivity contribution in [2.45, 2.75) is 20.3 Å². The molecule has 6 nitrogen and oxygen atoms in total. The van der Waals surface area contributed by atoms with Crippen molar-refractivity contribution in [2.75, 3.05) is 13.2 Å². The molecular formula is C20H23BrFN5O. The molecule has 0 spiro atoms. The Bertz CT molecular complexity index is 881. The number of aliphatic imine (C=N–C) groups is 2. The van der Waals surface area contributed by atoms with Crippen LogP contribution in [0.1, 0.15) is 25.8 Å². The first-order valence-electron chi connectivity index (χ1n) is 8.53. The highest BCUT2D eigenvalue weighted by Crippen LogP contribution is 2.28. The van der Waals surface area contributed by atoms with Crippen LogP contribution in [0, 0.1) is 17.1 Å². The maximum Gasteiger partial charge on any atom is 0.124 e. The molecule has 1 aromatic rings. The highest BCUT2D eigenvalue weighted by Gasteiger charge is 2.12. The van der Waals surface area contributed by atoms with Crippen molar-refractivity contribution in [3.63, 3.8) is 0 Å². The lowest BCUT2D eigenvalue weighted by Crippen LogP contribution is -2.07. The number of nitriles is 1. The van der Waals surface area contributed by atoms with Crippen LogP contribution in [-0.4, -0.2) is 23.5 Å². The number of allylic oxidation sites excluding steroid dienone is 3. The molecule has 1 aromatic carbocycles. The molecule has 28 heavy (non-hydrogen) atoms. The molecule has 0 saturated carbocycles. The first kappa shape index (κ1) is 23.1. The molecule has 0 heterocycles. The lowest BCUT2D eigenvalue weighted by Gasteiger charge is -2.12. The quantitative estimate of drug-likeness (QED) is 0.333. The lowest BCUT2D eigenvalue weighted by atomic mass is 10.1. The summed E-state index contributed by atoms with van der Waals surface area (Å²) < 4.78 is 19.7. The van der Waals surface area contributed by atoms with Gasteiger partial charge in [-0.3, -0.25) is 9.98 Å². The molecule has 148 valence electrons. The van der Waals surface area contributed by atoms with Crippen molar-refractivity contribution < 1.29 is 9.13 Å². The lowest BCUT2D eigenvalue weighted by molar-refractivity contribution is 0.299. The highest BCUT2D eigenvalue weighted by atomic mass is 79.9. The van der Waals surface area contributed by atoms with Crippen molar-refractivity contribution in [3.05, 3.63) is 59.7 Å². The van der Waals surface area contributed by atoms with Crippen LogP contribution in [0.2, 0.25) is 0 Å². The second-order valence-electron chi connectivity index (χ2n) is 5.47. The van der Waals surface area contributed by atoms with Crippen LogP contribution < -0.4 is 11.5 Å². The van der Waals surface area contributed by atoms with Crippen molar-refractivity contribution in [3.8, 4) is 6.07 Å². The third-order valence-electron chi connectivity index (χ3n) is 3.43. The first-order valence-corrected chi connectivity index (χ1v) is 9.33. The van der Waals surface area contributed by atoms with Gasteiger partial charge in [-0.15, -0.1) is 0 Å². The Labute approximate surface area is 172 Å². The summed E-state index contributed by atoms with van der Waals surface area (Å²) in [5, 5.41) is 9.03. The predicted molar refractivity (Wildman–Crippen MR) is 116 cm³/mol. The third-order valence-corrected chi connectivity index (χ3v) is 4.19. The van der Waals surface area contributed by atoms with Gasteiger partial charge in [-0.2, -0.15) is 5.26 Å². The summed E-state index contributed by atoms with van der Waals surface area (Å²) >= 11 is 3.38. The van der Waals surface area contributed by atoms with E-state index in [-0.39, 0.29) is 12.1 Å². The molecular weight excluding hydrogens is 425 g/mol. The number of benzene rings is 1. The van der Waals surface area contributed by atoms with Crippen LogP contribution in [-0.2, 0) is 4.74 Å². The minimum absolute atomic E-state index is 0.0222. The second-order valence-corrected chi connectivity index (χ2v) is 6.22. The van der Waals surface area contributed by atoms with Gasteiger partial charge in [-0.25, -0.2) is 4.39 Å². The molecule has 0 unspecified atom stereocenters. The zero-order valence-electron chi connectivity index (χ0n) is 15.9. The Morgan fingerprint density at radius 3 is 2.71 bits per heavy atom. The summed E-state index contributed by atoms with van der Waals surface area (Å²) in [4.78, 5) is 8.82. The number of ether oxygens (including phenoxy) is 1. The van der Waals surface area contributed by atoms with Crippen LogP contribution in [0.25, 0.3) is 5.76 Å². The molecule has 0 aromatic heterocycles. The van der Waals surface area contributed by atoms with E-state index >= 15 is 0 Å². The summed E-state index contributed by atoms with van der Waals surface area (Å²) in [6.07, 6.45) is 3.09. The Morgan fingerprint density at radius 2 is 2.14 bits per heavy atom. The second kappa shape index (κ2) is 11.7. The first-order chi connectivity index (χ1) is 13.4. The Hall–Kier alpha value is -2.92. The van der Waals surface area contributed by atoms with E-state index in [2.05, 4.69) is 32.5 Å². The van der Waals surface area contributed by atoms with Crippen LogP contribution in [0.15, 0.2) is 58.3 Å². The van der Waals surface area contributed by atoms with Crippen molar-refractivity contribution >= 4 is 37.7 Å². The largest absolute Gasteiger partial charge is 0.494 e. The van der Waals surface area contributed by atoms with Gasteiger partial charge in [0.2, 0.25) is 0 Å². The zero-order valence-corrected chi connectivity index (χ0v) is 17.5. The van der Waals surface area contributed by atoms with Crippen LogP contribution in [0.4, 0.5) is 10.1 Å². The average molecular weight is 448 g/mol. The molecule has 0 aliphatic rings. The van der Waals surface area contributed by atoms with E-state index < -0.39 is 5.82 Å². The van der Waals surface area contributed by atoms with E-state index in [0.29, 0.717) is 46.1 Å². The minimum atomic E-state index is -0.441. The number of rotatable bonds is 9. The monoisotopic (exact) mass is 447 g/mol. The molecule has 0 amide bonds. The molecule has 0 bridgehead atoms. The summed E-state index contributed by atoms with van der Waals surface area (Å²) in [6.45, 7) is 8.46. The van der Waals surface area contributed by atoms with Gasteiger partial charge in [-0.05, 0) is 54.1 Å². The zero-order chi connectivity index (χ0) is 21.1. The topological polar surface area (TPSA) is 110 Å². The van der Waals surface area contributed by atoms with Gasteiger partial charge in [0.25, 0.3) is 0 Å². The van der Waals surface area contributed by atoms with E-state index in [1.165, 1.54) is 30.5 Å². The van der Waals surface area contributed by atoms with Gasteiger partial charge in [-0.1, -0.05) is 6.58 Å². The highest BCUT2D eigenvalue weighted by molar-refractivity contribution is 9.18. The maximum absolute atomic E-state index is 13.7. The maximum atomic E-state index is 13.7. The molecule has 0 saturated heterocycles. The number of nitrogens with two attached hydrogens (primary N) is 2. The molecule has 0 radical (unpaired) electrons. The molecule has 0 aliphatic heterocycles. The van der Waals surface area contributed by atoms with Gasteiger partial charge in [0.15, 0.2) is 0 Å². The smallest absolute Gasteiger partial charge is 0.124 e. The number of halogens is 2. The molecule has 0 fully saturated rings. The van der Waals surface area contributed by atoms with Crippen LogP contribution >= 0.6 is 15.9 Å². The molecule has 8 heteroatoms. The molecule has 1 rings (SSSR count). The van der Waals surface area contributed by atoms with Crippen molar-refractivity contribution in [1.82, 2.24) is 0 Å².